The molecule has 3 rings (SSSR count). The Labute approximate surface area is 147 Å². The SMILES string of the molecule is Cc1nn(-c2ccc(Cl)cc2Cl)c(=O)n1Cc1ccc(Cl)nc1. The van der Waals surface area contributed by atoms with Gasteiger partial charge in [-0.25, -0.2) is 9.78 Å². The van der Waals surface area contributed by atoms with Crippen LogP contribution in [0.1, 0.15) is 11.4 Å². The minimum absolute atomic E-state index is 0.290. The van der Waals surface area contributed by atoms with E-state index < -0.39 is 0 Å². The van der Waals surface area contributed by atoms with Crippen LogP contribution < -0.4 is 5.69 Å². The standard InChI is InChI=1S/C15H11Cl3N4O/c1-9-20-22(13-4-3-11(16)6-12(13)17)15(23)21(9)8-10-2-5-14(18)19-7-10/h2-7H,8H2,1H3. The van der Waals surface area contributed by atoms with Gasteiger partial charge in [0.1, 0.15) is 11.0 Å². The van der Waals surface area contributed by atoms with E-state index >= 15 is 0 Å². The number of benzene rings is 1. The van der Waals surface area contributed by atoms with Crippen molar-refractivity contribution in [1.29, 1.82) is 0 Å². The molecule has 8 heteroatoms. The molecule has 23 heavy (non-hydrogen) atoms. The molecule has 0 radical (unpaired) electrons. The van der Waals surface area contributed by atoms with Crippen LogP contribution in [0, 0.1) is 6.92 Å². The average molecular weight is 370 g/mol. The Morgan fingerprint density at radius 2 is 1.91 bits per heavy atom. The Morgan fingerprint density at radius 3 is 2.57 bits per heavy atom. The molecule has 0 aliphatic carbocycles. The fourth-order valence-electron chi connectivity index (χ4n) is 2.17. The minimum atomic E-state index is -0.290. The van der Waals surface area contributed by atoms with Gasteiger partial charge in [0.05, 0.1) is 17.3 Å². The second-order valence-corrected chi connectivity index (χ2v) is 6.14. The summed E-state index contributed by atoms with van der Waals surface area (Å²) in [4.78, 5) is 16.6. The Hall–Kier alpha value is -1.82. The van der Waals surface area contributed by atoms with E-state index in [-0.39, 0.29) is 5.69 Å². The lowest BCUT2D eigenvalue weighted by Crippen LogP contribution is -2.24. The van der Waals surface area contributed by atoms with Crippen LogP contribution in [0.3, 0.4) is 0 Å². The van der Waals surface area contributed by atoms with Gasteiger partial charge in [-0.1, -0.05) is 40.9 Å². The predicted molar refractivity (Wildman–Crippen MR) is 90.9 cm³/mol. The summed E-state index contributed by atoms with van der Waals surface area (Å²) in [6, 6.07) is 8.38. The lowest BCUT2D eigenvalue weighted by molar-refractivity contribution is 0.721. The van der Waals surface area contributed by atoms with Crippen LogP contribution in [0.4, 0.5) is 0 Å². The summed E-state index contributed by atoms with van der Waals surface area (Å²) in [6.07, 6.45) is 1.63. The van der Waals surface area contributed by atoms with Crippen LogP contribution in [0.5, 0.6) is 0 Å². The van der Waals surface area contributed by atoms with Crippen molar-refractivity contribution >= 4 is 34.8 Å². The van der Waals surface area contributed by atoms with Crippen molar-refractivity contribution in [2.45, 2.75) is 13.5 Å². The van der Waals surface area contributed by atoms with Crippen LogP contribution in [-0.2, 0) is 6.54 Å². The number of rotatable bonds is 3. The molecule has 2 heterocycles. The molecule has 5 nitrogen and oxygen atoms in total. The minimum Gasteiger partial charge on any atom is -0.274 e. The highest BCUT2D eigenvalue weighted by Crippen LogP contribution is 2.23. The smallest absolute Gasteiger partial charge is 0.274 e. The first-order valence-electron chi connectivity index (χ1n) is 6.68. The van der Waals surface area contributed by atoms with E-state index in [0.717, 1.165) is 5.56 Å². The molecule has 0 N–H and O–H groups in total. The second kappa shape index (κ2) is 6.35. The summed E-state index contributed by atoms with van der Waals surface area (Å²) in [5, 5.41) is 5.54. The third kappa shape index (κ3) is 3.27. The fourth-order valence-corrected chi connectivity index (χ4v) is 2.77. The van der Waals surface area contributed by atoms with Crippen LogP contribution in [-0.4, -0.2) is 19.3 Å². The molecule has 0 fully saturated rings. The number of pyridine rings is 1. The Kier molecular flexibility index (Phi) is 4.43. The maximum atomic E-state index is 12.6. The molecule has 1 aromatic carbocycles. The summed E-state index contributed by atoms with van der Waals surface area (Å²) in [7, 11) is 0. The Bertz CT molecular complexity index is 915. The first-order valence-corrected chi connectivity index (χ1v) is 7.81. The average Bonchev–Trinajstić information content (AvgIpc) is 2.77. The van der Waals surface area contributed by atoms with Crippen molar-refractivity contribution in [3.05, 3.63) is 73.6 Å². The highest BCUT2D eigenvalue weighted by Gasteiger charge is 2.14. The van der Waals surface area contributed by atoms with Crippen LogP contribution >= 0.6 is 34.8 Å². The van der Waals surface area contributed by atoms with E-state index in [9.17, 15) is 4.79 Å². The zero-order valence-electron chi connectivity index (χ0n) is 12.0. The summed E-state index contributed by atoms with van der Waals surface area (Å²) < 4.78 is 2.80. The van der Waals surface area contributed by atoms with Gasteiger partial charge in [-0.2, -0.15) is 9.78 Å². The van der Waals surface area contributed by atoms with Gasteiger partial charge in [-0.15, -0.1) is 0 Å². The van der Waals surface area contributed by atoms with Gasteiger partial charge in [0, 0.05) is 11.2 Å². The van der Waals surface area contributed by atoms with E-state index in [4.69, 9.17) is 34.8 Å². The van der Waals surface area contributed by atoms with E-state index in [1.807, 2.05) is 6.07 Å². The third-order valence-electron chi connectivity index (χ3n) is 3.31. The molecular weight excluding hydrogens is 359 g/mol. The number of halogens is 3. The lowest BCUT2D eigenvalue weighted by atomic mass is 10.3. The quantitative estimate of drug-likeness (QED) is 0.661. The van der Waals surface area contributed by atoms with Crippen LogP contribution in [0.2, 0.25) is 15.2 Å². The summed E-state index contributed by atoms with van der Waals surface area (Å²) in [5.74, 6) is 0.566. The number of hydrogen-bond acceptors (Lipinski definition) is 3. The van der Waals surface area contributed by atoms with Gasteiger partial charge in [-0.05, 0) is 36.8 Å². The molecular formula is C15H11Cl3N4O. The first-order chi connectivity index (χ1) is 11.0. The fraction of sp³-hybridized carbons (Fsp3) is 0.133. The number of aryl methyl sites for hydroxylation is 1. The van der Waals surface area contributed by atoms with Crippen molar-refractivity contribution in [2.24, 2.45) is 0 Å². The van der Waals surface area contributed by atoms with Crippen molar-refractivity contribution in [2.75, 3.05) is 0 Å². The molecule has 0 unspecified atom stereocenters. The molecule has 0 aliphatic rings. The highest BCUT2D eigenvalue weighted by atomic mass is 35.5. The monoisotopic (exact) mass is 368 g/mol. The van der Waals surface area contributed by atoms with E-state index in [1.165, 1.54) is 9.25 Å². The van der Waals surface area contributed by atoms with Crippen molar-refractivity contribution in [1.82, 2.24) is 19.3 Å². The van der Waals surface area contributed by atoms with Gasteiger partial charge >= 0.3 is 5.69 Å². The van der Waals surface area contributed by atoms with Gasteiger partial charge in [-0.3, -0.25) is 4.57 Å². The maximum Gasteiger partial charge on any atom is 0.351 e. The molecule has 0 spiro atoms. The van der Waals surface area contributed by atoms with Crippen molar-refractivity contribution < 1.29 is 0 Å². The zero-order chi connectivity index (χ0) is 16.6. The van der Waals surface area contributed by atoms with E-state index in [1.54, 1.807) is 37.4 Å². The lowest BCUT2D eigenvalue weighted by Gasteiger charge is -2.04. The van der Waals surface area contributed by atoms with Crippen LogP contribution in [0.25, 0.3) is 5.69 Å². The highest BCUT2D eigenvalue weighted by molar-refractivity contribution is 6.35. The Balaban J connectivity index is 2.02. The van der Waals surface area contributed by atoms with Gasteiger partial charge in [0.15, 0.2) is 0 Å². The molecule has 0 saturated heterocycles. The molecule has 0 atom stereocenters. The molecule has 0 aliphatic heterocycles. The summed E-state index contributed by atoms with van der Waals surface area (Å²) in [6.45, 7) is 2.10. The van der Waals surface area contributed by atoms with Crippen LogP contribution in [0.15, 0.2) is 41.3 Å². The first kappa shape index (κ1) is 16.1. The molecule has 2 aromatic heterocycles. The van der Waals surface area contributed by atoms with E-state index in [0.29, 0.717) is 33.3 Å². The molecule has 0 amide bonds. The van der Waals surface area contributed by atoms with Gasteiger partial charge in [0.25, 0.3) is 0 Å². The number of nitrogens with zero attached hydrogens (tertiary/aromatic N) is 4. The Morgan fingerprint density at radius 1 is 1.13 bits per heavy atom. The largest absolute Gasteiger partial charge is 0.351 e. The number of hydrogen-bond donors (Lipinski definition) is 0. The predicted octanol–water partition coefficient (Wildman–Crippen LogP) is 3.75. The van der Waals surface area contributed by atoms with Crippen molar-refractivity contribution in [3.8, 4) is 5.69 Å². The normalized spacial score (nSPS) is 11.0. The topological polar surface area (TPSA) is 52.7 Å². The third-order valence-corrected chi connectivity index (χ3v) is 4.08. The van der Waals surface area contributed by atoms with Gasteiger partial charge < -0.3 is 0 Å². The molecule has 0 saturated carbocycles. The second-order valence-electron chi connectivity index (χ2n) is 4.91. The number of aromatic nitrogens is 4. The summed E-state index contributed by atoms with van der Waals surface area (Å²) >= 11 is 17.8. The molecule has 3 aromatic rings. The molecule has 118 valence electrons. The van der Waals surface area contributed by atoms with Crippen molar-refractivity contribution in [3.63, 3.8) is 0 Å². The van der Waals surface area contributed by atoms with Gasteiger partial charge in [0.2, 0.25) is 0 Å². The summed E-state index contributed by atoms with van der Waals surface area (Å²) in [5.41, 5.74) is 1.04. The maximum absolute atomic E-state index is 12.6. The zero-order valence-corrected chi connectivity index (χ0v) is 14.3. The molecule has 0 bridgehead atoms. The van der Waals surface area contributed by atoms with E-state index in [2.05, 4.69) is 10.1 Å².